The lowest BCUT2D eigenvalue weighted by Gasteiger charge is -2.13. The summed E-state index contributed by atoms with van der Waals surface area (Å²) < 4.78 is 38.4. The van der Waals surface area contributed by atoms with Gasteiger partial charge in [0.25, 0.3) is 0 Å². The van der Waals surface area contributed by atoms with E-state index in [4.69, 9.17) is 11.6 Å². The van der Waals surface area contributed by atoms with Crippen molar-refractivity contribution in [3.8, 4) is 5.75 Å². The Morgan fingerprint density at radius 1 is 1.14 bits per heavy atom. The highest BCUT2D eigenvalue weighted by Crippen LogP contribution is 2.36. The summed E-state index contributed by atoms with van der Waals surface area (Å²) in [6.45, 7) is 0.158. The van der Waals surface area contributed by atoms with Crippen molar-refractivity contribution in [2.45, 2.75) is 12.7 Å². The van der Waals surface area contributed by atoms with Crippen molar-refractivity contribution >= 4 is 33.2 Å². The predicted molar refractivity (Wildman–Crippen MR) is 79.6 cm³/mol. The van der Waals surface area contributed by atoms with Gasteiger partial charge in [-0.25, -0.2) is 0 Å². The number of phenolic OH excluding ortho intramolecular Hbond substituents is 1. The summed E-state index contributed by atoms with van der Waals surface area (Å²) in [5.74, 6) is 0.0278. The molecule has 0 aliphatic rings. The van der Waals surface area contributed by atoms with Crippen LogP contribution in [0.2, 0.25) is 5.02 Å². The molecule has 0 aliphatic heterocycles. The Morgan fingerprint density at radius 3 is 2.52 bits per heavy atom. The van der Waals surface area contributed by atoms with Gasteiger partial charge in [-0.15, -0.1) is 0 Å². The fourth-order valence-electron chi connectivity index (χ4n) is 1.75. The lowest BCUT2D eigenvalue weighted by molar-refractivity contribution is -0.138. The summed E-state index contributed by atoms with van der Waals surface area (Å²) in [6.07, 6.45) is -4.44. The first-order valence-corrected chi connectivity index (χ1v) is 7.02. The summed E-state index contributed by atoms with van der Waals surface area (Å²) >= 11 is 8.69. The van der Waals surface area contributed by atoms with Gasteiger partial charge < -0.3 is 10.4 Å². The second-order valence-corrected chi connectivity index (χ2v) is 5.61. The molecule has 2 nitrogen and oxygen atoms in total. The van der Waals surface area contributed by atoms with E-state index in [0.29, 0.717) is 16.3 Å². The normalized spacial score (nSPS) is 11.5. The van der Waals surface area contributed by atoms with Crippen LogP contribution in [0.3, 0.4) is 0 Å². The van der Waals surface area contributed by atoms with Crippen LogP contribution in [-0.4, -0.2) is 5.11 Å². The second kappa shape index (κ2) is 6.15. The van der Waals surface area contributed by atoms with E-state index in [2.05, 4.69) is 21.2 Å². The van der Waals surface area contributed by atoms with Crippen molar-refractivity contribution in [3.63, 3.8) is 0 Å². The molecule has 0 aliphatic carbocycles. The van der Waals surface area contributed by atoms with E-state index in [1.165, 1.54) is 24.3 Å². The first-order chi connectivity index (χ1) is 9.77. The number of halogens is 5. The molecule has 0 fully saturated rings. The number of nitrogens with one attached hydrogen (secondary N) is 1. The first-order valence-electron chi connectivity index (χ1n) is 5.85. The number of rotatable bonds is 3. The van der Waals surface area contributed by atoms with Crippen molar-refractivity contribution < 1.29 is 18.3 Å². The molecule has 0 atom stereocenters. The minimum absolute atomic E-state index is 0.0221. The molecule has 112 valence electrons. The van der Waals surface area contributed by atoms with Crippen molar-refractivity contribution in [2.24, 2.45) is 0 Å². The van der Waals surface area contributed by atoms with Crippen LogP contribution in [0.4, 0.5) is 18.9 Å². The molecule has 2 rings (SSSR count). The van der Waals surface area contributed by atoms with Crippen LogP contribution in [0.5, 0.6) is 5.75 Å². The van der Waals surface area contributed by atoms with Gasteiger partial charge in [0.1, 0.15) is 5.75 Å². The Bertz CT molecular complexity index is 661. The Morgan fingerprint density at radius 2 is 1.86 bits per heavy atom. The molecule has 2 N–H and O–H groups in total. The van der Waals surface area contributed by atoms with Gasteiger partial charge in [0.05, 0.1) is 5.56 Å². The zero-order valence-electron chi connectivity index (χ0n) is 10.5. The highest BCUT2D eigenvalue weighted by atomic mass is 79.9. The number of aromatic hydroxyl groups is 1. The van der Waals surface area contributed by atoms with Gasteiger partial charge in [0, 0.05) is 27.3 Å². The summed E-state index contributed by atoms with van der Waals surface area (Å²) in [5, 5.41) is 12.9. The van der Waals surface area contributed by atoms with E-state index in [0.717, 1.165) is 6.07 Å². The van der Waals surface area contributed by atoms with Gasteiger partial charge in [-0.3, -0.25) is 0 Å². The number of alkyl halides is 3. The highest BCUT2D eigenvalue weighted by molar-refractivity contribution is 9.10. The molecular formula is C14H10BrClF3NO. The van der Waals surface area contributed by atoms with E-state index < -0.39 is 11.7 Å². The topological polar surface area (TPSA) is 32.3 Å². The maximum absolute atomic E-state index is 12.8. The van der Waals surface area contributed by atoms with Crippen LogP contribution in [0, 0.1) is 0 Å². The number of anilines is 1. The first kappa shape index (κ1) is 16.0. The molecule has 0 saturated heterocycles. The minimum Gasteiger partial charge on any atom is -0.508 e. The van der Waals surface area contributed by atoms with Gasteiger partial charge in [-0.1, -0.05) is 27.5 Å². The highest BCUT2D eigenvalue weighted by Gasteiger charge is 2.33. The van der Waals surface area contributed by atoms with Crippen LogP contribution in [0.25, 0.3) is 0 Å². The molecule has 7 heteroatoms. The summed E-state index contributed by atoms with van der Waals surface area (Å²) in [4.78, 5) is 0. The van der Waals surface area contributed by atoms with E-state index in [9.17, 15) is 18.3 Å². The number of benzene rings is 2. The van der Waals surface area contributed by atoms with Crippen molar-refractivity contribution in [1.82, 2.24) is 0 Å². The third-order valence-electron chi connectivity index (χ3n) is 2.80. The van der Waals surface area contributed by atoms with Crippen LogP contribution >= 0.6 is 27.5 Å². The van der Waals surface area contributed by atoms with Gasteiger partial charge in [-0.2, -0.15) is 13.2 Å². The smallest absolute Gasteiger partial charge is 0.417 e. The fourth-order valence-corrected chi connectivity index (χ4v) is 2.41. The van der Waals surface area contributed by atoms with Gasteiger partial charge in [-0.05, 0) is 36.4 Å². The number of phenols is 1. The fraction of sp³-hybridized carbons (Fsp3) is 0.143. The molecule has 0 amide bonds. The molecule has 0 unspecified atom stereocenters. The SMILES string of the molecule is Oc1ccc(Cl)cc1CNc1ccc(Br)c(C(F)(F)F)c1. The lowest BCUT2D eigenvalue weighted by Crippen LogP contribution is -2.07. The zero-order valence-corrected chi connectivity index (χ0v) is 12.9. The molecule has 0 spiro atoms. The van der Waals surface area contributed by atoms with Crippen LogP contribution < -0.4 is 5.32 Å². The predicted octanol–water partition coefficient (Wildman–Crippen LogP) is 5.44. The van der Waals surface area contributed by atoms with Crippen LogP contribution in [0.1, 0.15) is 11.1 Å². The van der Waals surface area contributed by atoms with E-state index in [-0.39, 0.29) is 16.8 Å². The molecule has 21 heavy (non-hydrogen) atoms. The van der Waals surface area contributed by atoms with E-state index >= 15 is 0 Å². The standard InChI is InChI=1S/C14H10BrClF3NO/c15-12-3-2-10(6-11(12)14(17,18)19)20-7-8-5-9(16)1-4-13(8)21/h1-6,20-21H,7H2. The third kappa shape index (κ3) is 4.04. The molecule has 2 aromatic rings. The quantitative estimate of drug-likeness (QED) is 0.743. The molecule has 0 aromatic heterocycles. The molecule has 0 bridgehead atoms. The van der Waals surface area contributed by atoms with Crippen molar-refractivity contribution in [2.75, 3.05) is 5.32 Å². The number of hydrogen-bond donors (Lipinski definition) is 2. The molecule has 0 radical (unpaired) electrons. The number of hydrogen-bond acceptors (Lipinski definition) is 2. The summed E-state index contributed by atoms with van der Waals surface area (Å²) in [7, 11) is 0. The minimum atomic E-state index is -4.44. The Kier molecular flexibility index (Phi) is 4.68. The van der Waals surface area contributed by atoms with Crippen LogP contribution in [0.15, 0.2) is 40.9 Å². The third-order valence-corrected chi connectivity index (χ3v) is 3.72. The molecule has 0 saturated carbocycles. The van der Waals surface area contributed by atoms with E-state index in [1.807, 2.05) is 0 Å². The summed E-state index contributed by atoms with van der Waals surface area (Å²) in [6, 6.07) is 8.35. The Balaban J connectivity index is 2.19. The monoisotopic (exact) mass is 379 g/mol. The summed E-state index contributed by atoms with van der Waals surface area (Å²) in [5.41, 5.74) is 0.0340. The van der Waals surface area contributed by atoms with Gasteiger partial charge in [0.2, 0.25) is 0 Å². The Hall–Kier alpha value is -1.40. The maximum Gasteiger partial charge on any atom is 0.417 e. The van der Waals surface area contributed by atoms with Crippen molar-refractivity contribution in [3.05, 3.63) is 57.0 Å². The molecule has 2 aromatic carbocycles. The van der Waals surface area contributed by atoms with Crippen molar-refractivity contribution in [1.29, 1.82) is 0 Å². The van der Waals surface area contributed by atoms with Gasteiger partial charge in [0.15, 0.2) is 0 Å². The average molecular weight is 381 g/mol. The second-order valence-electron chi connectivity index (χ2n) is 4.32. The largest absolute Gasteiger partial charge is 0.508 e. The molecule has 0 heterocycles. The zero-order chi connectivity index (χ0) is 15.6. The van der Waals surface area contributed by atoms with E-state index in [1.54, 1.807) is 6.07 Å². The molecular weight excluding hydrogens is 371 g/mol. The maximum atomic E-state index is 12.8. The lowest BCUT2D eigenvalue weighted by atomic mass is 10.1. The van der Waals surface area contributed by atoms with Crippen LogP contribution in [-0.2, 0) is 12.7 Å². The Labute approximate surface area is 132 Å². The average Bonchev–Trinajstić information content (AvgIpc) is 2.40. The van der Waals surface area contributed by atoms with Gasteiger partial charge >= 0.3 is 6.18 Å².